The Balaban J connectivity index is 5.47. The Bertz CT molecular complexity index is 851. The minimum absolute atomic E-state index is 0.121. The predicted molar refractivity (Wildman–Crippen MR) is 168 cm³/mol. The summed E-state index contributed by atoms with van der Waals surface area (Å²) < 4.78 is 11.4. The highest BCUT2D eigenvalue weighted by Gasteiger charge is 2.32. The summed E-state index contributed by atoms with van der Waals surface area (Å²) in [5.41, 5.74) is 10.6. The van der Waals surface area contributed by atoms with Gasteiger partial charge in [-0.05, 0) is 39.0 Å². The number of ether oxygens (including phenoxy) is 2. The number of unbranched alkanes of at least 4 members (excludes halogenated alkanes) is 6. The van der Waals surface area contributed by atoms with E-state index in [0.29, 0.717) is 26.1 Å². The molecule has 0 aliphatic heterocycles. The smallest absolute Gasteiger partial charge is 0.243 e. The second kappa shape index (κ2) is 24.5. The molecule has 256 valence electrons. The van der Waals surface area contributed by atoms with Gasteiger partial charge in [-0.25, -0.2) is 0 Å². The quantitative estimate of drug-likeness (QED) is 0.0582. The molecule has 0 saturated heterocycles. The highest BCUT2D eigenvalue weighted by molar-refractivity contribution is 5.95. The third-order valence-corrected chi connectivity index (χ3v) is 6.97. The van der Waals surface area contributed by atoms with Gasteiger partial charge in [0.25, 0.3) is 0 Å². The van der Waals surface area contributed by atoms with E-state index in [4.69, 9.17) is 20.9 Å². The molecule has 0 radical (unpaired) electrons. The second-order valence-corrected chi connectivity index (χ2v) is 11.6. The number of carbonyl (C=O) groups excluding carboxylic acids is 5. The fraction of sp³-hybridized carbons (Fsp3) is 0.839. The SMILES string of the molecule is CCCCCCCCC[C@@H](O)CC(=O)N[C@@H](CC(N)=O)C(=O)N[C@@H](CCC(N)=O)C(=O)NC(CC(C)C)C(OCC)OCC. The molecule has 0 rings (SSSR count). The maximum atomic E-state index is 13.4. The third-order valence-electron chi connectivity index (χ3n) is 6.97. The first-order valence-electron chi connectivity index (χ1n) is 16.2. The zero-order valence-electron chi connectivity index (χ0n) is 27.5. The van der Waals surface area contributed by atoms with E-state index in [1.807, 2.05) is 13.8 Å². The van der Waals surface area contributed by atoms with Crippen molar-refractivity contribution in [3.05, 3.63) is 0 Å². The van der Waals surface area contributed by atoms with Gasteiger partial charge in [-0.1, -0.05) is 65.7 Å². The van der Waals surface area contributed by atoms with Crippen molar-refractivity contribution in [2.24, 2.45) is 17.4 Å². The van der Waals surface area contributed by atoms with Gasteiger partial charge >= 0.3 is 0 Å². The number of rotatable bonds is 27. The molecule has 13 nitrogen and oxygen atoms in total. The van der Waals surface area contributed by atoms with E-state index in [9.17, 15) is 29.1 Å². The van der Waals surface area contributed by atoms with Crippen molar-refractivity contribution in [1.82, 2.24) is 16.0 Å². The van der Waals surface area contributed by atoms with Gasteiger partial charge in [-0.15, -0.1) is 0 Å². The Kier molecular flexibility index (Phi) is 23.0. The number of amides is 5. The monoisotopic (exact) mass is 629 g/mol. The van der Waals surface area contributed by atoms with E-state index < -0.39 is 66.5 Å². The largest absolute Gasteiger partial charge is 0.393 e. The molecule has 0 aromatic carbocycles. The zero-order valence-corrected chi connectivity index (χ0v) is 27.5. The fourth-order valence-electron chi connectivity index (χ4n) is 4.78. The molecule has 0 aromatic heterocycles. The normalized spacial score (nSPS) is 14.1. The van der Waals surface area contributed by atoms with Crippen molar-refractivity contribution in [2.45, 2.75) is 149 Å². The van der Waals surface area contributed by atoms with Gasteiger partial charge in [0.05, 0.1) is 25.0 Å². The number of nitrogens with one attached hydrogen (secondary N) is 3. The lowest BCUT2D eigenvalue weighted by molar-refractivity contribution is -0.161. The van der Waals surface area contributed by atoms with E-state index in [2.05, 4.69) is 22.9 Å². The van der Waals surface area contributed by atoms with E-state index in [1.165, 1.54) is 19.3 Å². The van der Waals surface area contributed by atoms with Crippen molar-refractivity contribution in [1.29, 1.82) is 0 Å². The lowest BCUT2D eigenvalue weighted by Gasteiger charge is -2.31. The van der Waals surface area contributed by atoms with Crippen LogP contribution in [0.4, 0.5) is 0 Å². The summed E-state index contributed by atoms with van der Waals surface area (Å²) in [4.78, 5) is 62.6. The van der Waals surface area contributed by atoms with Gasteiger partial charge < -0.3 is 42.0 Å². The van der Waals surface area contributed by atoms with Crippen LogP contribution in [0.1, 0.15) is 118 Å². The molecule has 0 heterocycles. The van der Waals surface area contributed by atoms with Crippen molar-refractivity contribution in [2.75, 3.05) is 13.2 Å². The Labute approximate surface area is 263 Å². The molecule has 0 aliphatic carbocycles. The Morgan fingerprint density at radius 2 is 1.27 bits per heavy atom. The minimum Gasteiger partial charge on any atom is -0.393 e. The van der Waals surface area contributed by atoms with Crippen LogP contribution in [-0.2, 0) is 33.4 Å². The van der Waals surface area contributed by atoms with Gasteiger partial charge in [0.2, 0.25) is 29.5 Å². The van der Waals surface area contributed by atoms with Crippen LogP contribution in [0.3, 0.4) is 0 Å². The first kappa shape index (κ1) is 41.2. The molecule has 0 bridgehead atoms. The molecule has 13 heteroatoms. The van der Waals surface area contributed by atoms with Crippen LogP contribution in [0.15, 0.2) is 0 Å². The second-order valence-electron chi connectivity index (χ2n) is 11.6. The molecule has 5 amide bonds. The minimum atomic E-state index is -1.39. The molecule has 0 aliphatic rings. The van der Waals surface area contributed by atoms with Crippen LogP contribution in [0.25, 0.3) is 0 Å². The Morgan fingerprint density at radius 3 is 1.80 bits per heavy atom. The highest BCUT2D eigenvalue weighted by atomic mass is 16.7. The Hall–Kier alpha value is -2.77. The predicted octanol–water partition coefficient (Wildman–Crippen LogP) is 1.92. The molecular weight excluding hydrogens is 570 g/mol. The first-order valence-corrected chi connectivity index (χ1v) is 16.2. The molecule has 0 saturated carbocycles. The van der Waals surface area contributed by atoms with Crippen molar-refractivity contribution >= 4 is 29.5 Å². The summed E-state index contributed by atoms with van der Waals surface area (Å²) in [6.07, 6.45) is 5.71. The number of carbonyl (C=O) groups is 5. The number of primary amides is 2. The summed E-state index contributed by atoms with van der Waals surface area (Å²) in [5.74, 6) is -3.43. The van der Waals surface area contributed by atoms with Crippen molar-refractivity contribution in [3.63, 3.8) is 0 Å². The highest BCUT2D eigenvalue weighted by Crippen LogP contribution is 2.14. The summed E-state index contributed by atoms with van der Waals surface area (Å²) in [6, 6.07) is -3.17. The molecule has 44 heavy (non-hydrogen) atoms. The lowest BCUT2D eigenvalue weighted by Crippen LogP contribution is -2.57. The number of nitrogens with two attached hydrogens (primary N) is 2. The summed E-state index contributed by atoms with van der Waals surface area (Å²) >= 11 is 0. The number of hydrogen-bond acceptors (Lipinski definition) is 8. The molecule has 0 fully saturated rings. The van der Waals surface area contributed by atoms with Gasteiger partial charge in [0.1, 0.15) is 12.1 Å². The maximum absolute atomic E-state index is 13.4. The van der Waals surface area contributed by atoms with Crippen LogP contribution in [0.5, 0.6) is 0 Å². The van der Waals surface area contributed by atoms with Crippen LogP contribution in [-0.4, -0.2) is 78.4 Å². The zero-order chi connectivity index (χ0) is 33.5. The number of aliphatic hydroxyl groups excluding tert-OH is 1. The van der Waals surface area contributed by atoms with Crippen molar-refractivity contribution in [3.8, 4) is 0 Å². The summed E-state index contributed by atoms with van der Waals surface area (Å²) in [6.45, 7) is 10.4. The van der Waals surface area contributed by atoms with Crippen LogP contribution in [0.2, 0.25) is 0 Å². The average Bonchev–Trinajstić information content (AvgIpc) is 2.93. The first-order chi connectivity index (χ1) is 20.8. The van der Waals surface area contributed by atoms with Gasteiger partial charge in [0.15, 0.2) is 6.29 Å². The van der Waals surface area contributed by atoms with Gasteiger partial charge in [-0.2, -0.15) is 0 Å². The van der Waals surface area contributed by atoms with Crippen LogP contribution in [0, 0.1) is 5.92 Å². The van der Waals surface area contributed by atoms with Crippen molar-refractivity contribution < 1.29 is 38.6 Å². The van der Waals surface area contributed by atoms with Gasteiger partial charge in [-0.3, -0.25) is 24.0 Å². The third kappa shape index (κ3) is 20.2. The van der Waals surface area contributed by atoms with Gasteiger partial charge in [0, 0.05) is 19.6 Å². The Morgan fingerprint density at radius 1 is 0.705 bits per heavy atom. The molecule has 0 spiro atoms. The maximum Gasteiger partial charge on any atom is 0.243 e. The standard InChI is InChI=1S/C31H59N5O8/c1-6-9-10-11-12-13-14-15-22(37)19-28(40)34-24(20-27(33)39)30(42)35-23(16-17-26(32)38)29(41)36-25(18-21(4)5)31(43-7-2)44-8-3/h21-25,31,37H,6-20H2,1-5H3,(H2,32,38)(H2,33,39)(H,34,40)(H,35,42)(H,36,41)/t22-,23+,24+,25?/m1/s1. The summed E-state index contributed by atoms with van der Waals surface area (Å²) in [7, 11) is 0. The van der Waals surface area contributed by atoms with E-state index in [1.54, 1.807) is 13.8 Å². The molecule has 1 unspecified atom stereocenters. The van der Waals surface area contributed by atoms with Crippen LogP contribution >= 0.6 is 0 Å². The van der Waals surface area contributed by atoms with E-state index >= 15 is 0 Å². The fourth-order valence-corrected chi connectivity index (χ4v) is 4.78. The molecule has 0 aromatic rings. The number of hydrogen-bond donors (Lipinski definition) is 6. The van der Waals surface area contributed by atoms with E-state index in [-0.39, 0.29) is 25.2 Å². The molecule has 8 N–H and O–H groups in total. The molecule has 4 atom stereocenters. The average molecular weight is 630 g/mol. The summed E-state index contributed by atoms with van der Waals surface area (Å²) in [5, 5.41) is 18.2. The van der Waals surface area contributed by atoms with Crippen LogP contribution < -0.4 is 27.4 Å². The number of aliphatic hydroxyl groups is 1. The lowest BCUT2D eigenvalue weighted by atomic mass is 10.0. The topological polar surface area (TPSA) is 212 Å². The van der Waals surface area contributed by atoms with E-state index in [0.717, 1.165) is 25.7 Å². The molecular formula is C31H59N5O8.